The van der Waals surface area contributed by atoms with Crippen molar-refractivity contribution in [3.8, 4) is 0 Å². The van der Waals surface area contributed by atoms with E-state index >= 15 is 0 Å². The molecule has 136 valence electrons. The maximum atomic E-state index is 10.1. The summed E-state index contributed by atoms with van der Waals surface area (Å²) in [5.74, 6) is -1.00. The van der Waals surface area contributed by atoms with E-state index < -0.39 is 12.1 Å². The second kappa shape index (κ2) is 16.9. The number of ether oxygens (including phenoxy) is 5. The number of carboxylic acids is 1. The zero-order valence-electron chi connectivity index (χ0n) is 13.0. The van der Waals surface area contributed by atoms with Crippen LogP contribution in [-0.2, 0) is 28.5 Å². The summed E-state index contributed by atoms with van der Waals surface area (Å²) in [6, 6.07) is 0. The first-order valence-corrected chi connectivity index (χ1v) is 7.20. The molecule has 0 bridgehead atoms. The second-order valence-electron chi connectivity index (χ2n) is 4.13. The van der Waals surface area contributed by atoms with Crippen molar-refractivity contribution >= 4 is 12.1 Å². The summed E-state index contributed by atoms with van der Waals surface area (Å²) in [5, 5.41) is 18.8. The standard InChI is InChI=1S/C13H25NO9/c15-12(16)11-23-10-9-22-8-7-21-6-5-20-4-3-19-2-1-14-13(17)18/h14H,1-11H2,(H,15,16)(H,17,18). The minimum atomic E-state index is -1.07. The molecule has 0 saturated heterocycles. The van der Waals surface area contributed by atoms with Gasteiger partial charge < -0.3 is 39.2 Å². The molecule has 0 rings (SSSR count). The van der Waals surface area contributed by atoms with Gasteiger partial charge in [0.1, 0.15) is 6.61 Å². The molecule has 0 aromatic carbocycles. The number of carbonyl (C=O) groups is 2. The van der Waals surface area contributed by atoms with Crippen molar-refractivity contribution in [3.05, 3.63) is 0 Å². The fourth-order valence-corrected chi connectivity index (χ4v) is 1.27. The number of hydrogen-bond donors (Lipinski definition) is 3. The Balaban J connectivity index is 3.00. The number of nitrogens with one attached hydrogen (secondary N) is 1. The Morgan fingerprint density at radius 2 is 1.04 bits per heavy atom. The molecule has 0 saturated carbocycles. The van der Waals surface area contributed by atoms with Crippen LogP contribution in [0.2, 0.25) is 0 Å². The lowest BCUT2D eigenvalue weighted by Gasteiger charge is -2.07. The molecule has 0 aromatic heterocycles. The molecule has 10 heteroatoms. The Labute approximate surface area is 134 Å². The fraction of sp³-hybridized carbons (Fsp3) is 0.846. The van der Waals surface area contributed by atoms with Gasteiger partial charge >= 0.3 is 12.1 Å². The first kappa shape index (κ1) is 21.5. The van der Waals surface area contributed by atoms with E-state index in [0.717, 1.165) is 0 Å². The average Bonchev–Trinajstić information content (AvgIpc) is 2.49. The van der Waals surface area contributed by atoms with Crippen LogP contribution < -0.4 is 5.32 Å². The summed E-state index contributed by atoms with van der Waals surface area (Å²) in [6.07, 6.45) is -1.07. The van der Waals surface area contributed by atoms with Crippen molar-refractivity contribution in [1.29, 1.82) is 0 Å². The molecule has 23 heavy (non-hydrogen) atoms. The third-order valence-corrected chi connectivity index (χ3v) is 2.24. The number of rotatable bonds is 17. The van der Waals surface area contributed by atoms with E-state index in [2.05, 4.69) is 5.32 Å². The molecule has 3 N–H and O–H groups in total. The third kappa shape index (κ3) is 20.5. The van der Waals surface area contributed by atoms with Crippen LogP contribution >= 0.6 is 0 Å². The molecular formula is C13H25NO9. The van der Waals surface area contributed by atoms with Gasteiger partial charge in [0.05, 0.1) is 59.5 Å². The van der Waals surface area contributed by atoms with Crippen molar-refractivity contribution in [2.24, 2.45) is 0 Å². The predicted molar refractivity (Wildman–Crippen MR) is 77.8 cm³/mol. The maximum absolute atomic E-state index is 10.1. The molecule has 0 radical (unpaired) electrons. The van der Waals surface area contributed by atoms with Gasteiger partial charge in [0.25, 0.3) is 0 Å². The molecule has 0 aliphatic heterocycles. The average molecular weight is 339 g/mol. The lowest BCUT2D eigenvalue weighted by Crippen LogP contribution is -2.25. The molecule has 0 aliphatic rings. The molecule has 0 atom stereocenters. The Morgan fingerprint density at radius 1 is 0.652 bits per heavy atom. The molecule has 0 fully saturated rings. The zero-order valence-corrected chi connectivity index (χ0v) is 13.0. The lowest BCUT2D eigenvalue weighted by atomic mass is 10.6. The van der Waals surface area contributed by atoms with E-state index in [9.17, 15) is 9.59 Å². The van der Waals surface area contributed by atoms with E-state index in [4.69, 9.17) is 33.9 Å². The summed E-state index contributed by atoms with van der Waals surface area (Å²) in [7, 11) is 0. The zero-order chi connectivity index (χ0) is 17.2. The van der Waals surface area contributed by atoms with E-state index in [1.165, 1.54) is 0 Å². The first-order valence-electron chi connectivity index (χ1n) is 7.20. The van der Waals surface area contributed by atoms with Crippen molar-refractivity contribution in [2.75, 3.05) is 72.6 Å². The number of carboxylic acid groups (broad SMARTS) is 2. The van der Waals surface area contributed by atoms with Crippen LogP contribution in [0.4, 0.5) is 4.79 Å². The Bertz CT molecular complexity index is 273. The van der Waals surface area contributed by atoms with Gasteiger partial charge in [-0.3, -0.25) is 0 Å². The van der Waals surface area contributed by atoms with Gasteiger partial charge in [0.2, 0.25) is 0 Å². The highest BCUT2D eigenvalue weighted by Crippen LogP contribution is 1.83. The third-order valence-electron chi connectivity index (χ3n) is 2.24. The summed E-state index contributed by atoms with van der Waals surface area (Å²) >= 11 is 0. The Hall–Kier alpha value is -1.46. The first-order chi connectivity index (χ1) is 11.1. The summed E-state index contributed by atoms with van der Waals surface area (Å²) in [5.41, 5.74) is 0. The van der Waals surface area contributed by atoms with E-state index in [1.807, 2.05) is 0 Å². The van der Waals surface area contributed by atoms with Crippen LogP contribution in [0.1, 0.15) is 0 Å². The van der Waals surface area contributed by atoms with Gasteiger partial charge in [-0.15, -0.1) is 0 Å². The van der Waals surface area contributed by atoms with Crippen molar-refractivity contribution in [2.45, 2.75) is 0 Å². The fourth-order valence-electron chi connectivity index (χ4n) is 1.27. The van der Waals surface area contributed by atoms with Gasteiger partial charge in [-0.1, -0.05) is 0 Å². The molecule has 0 heterocycles. The lowest BCUT2D eigenvalue weighted by molar-refractivity contribution is -0.142. The quantitative estimate of drug-likeness (QED) is 0.298. The summed E-state index contributed by atoms with van der Waals surface area (Å²) in [6.45, 7) is 3.26. The Kier molecular flexibility index (Phi) is 15.8. The van der Waals surface area contributed by atoms with Gasteiger partial charge in [-0.05, 0) is 0 Å². The highest BCUT2D eigenvalue weighted by molar-refractivity contribution is 5.67. The normalized spacial score (nSPS) is 10.6. The van der Waals surface area contributed by atoms with Crippen LogP contribution in [-0.4, -0.2) is 94.9 Å². The molecular weight excluding hydrogens is 314 g/mol. The molecule has 10 nitrogen and oxygen atoms in total. The molecule has 0 unspecified atom stereocenters. The van der Waals surface area contributed by atoms with E-state index in [0.29, 0.717) is 52.9 Å². The van der Waals surface area contributed by atoms with Gasteiger partial charge in [0.15, 0.2) is 0 Å². The minimum absolute atomic E-state index is 0.234. The van der Waals surface area contributed by atoms with Crippen LogP contribution in [0.5, 0.6) is 0 Å². The SMILES string of the molecule is O=C(O)COCCOCCOCCOCCOCCNC(=O)O. The maximum Gasteiger partial charge on any atom is 0.404 e. The van der Waals surface area contributed by atoms with Crippen LogP contribution in [0, 0.1) is 0 Å². The van der Waals surface area contributed by atoms with Crippen LogP contribution in [0.25, 0.3) is 0 Å². The second-order valence-corrected chi connectivity index (χ2v) is 4.13. The number of hydrogen-bond acceptors (Lipinski definition) is 7. The summed E-state index contributed by atoms with van der Waals surface area (Å²) < 4.78 is 25.6. The van der Waals surface area contributed by atoms with Crippen molar-refractivity contribution in [3.63, 3.8) is 0 Å². The number of amides is 1. The van der Waals surface area contributed by atoms with Crippen LogP contribution in [0.3, 0.4) is 0 Å². The topological polar surface area (TPSA) is 133 Å². The molecule has 0 aliphatic carbocycles. The van der Waals surface area contributed by atoms with Crippen molar-refractivity contribution in [1.82, 2.24) is 5.32 Å². The monoisotopic (exact) mass is 339 g/mol. The number of aliphatic carboxylic acids is 1. The van der Waals surface area contributed by atoms with Gasteiger partial charge in [-0.25, -0.2) is 9.59 Å². The van der Waals surface area contributed by atoms with E-state index in [-0.39, 0.29) is 19.8 Å². The molecule has 0 spiro atoms. The largest absolute Gasteiger partial charge is 0.480 e. The highest BCUT2D eigenvalue weighted by atomic mass is 16.6. The molecule has 0 aromatic rings. The van der Waals surface area contributed by atoms with Gasteiger partial charge in [0, 0.05) is 6.54 Å². The van der Waals surface area contributed by atoms with Crippen molar-refractivity contribution < 1.29 is 43.5 Å². The van der Waals surface area contributed by atoms with Crippen LogP contribution in [0.15, 0.2) is 0 Å². The smallest absolute Gasteiger partial charge is 0.404 e. The van der Waals surface area contributed by atoms with Gasteiger partial charge in [-0.2, -0.15) is 0 Å². The highest BCUT2D eigenvalue weighted by Gasteiger charge is 1.96. The molecule has 1 amide bonds. The summed E-state index contributed by atoms with van der Waals surface area (Å²) in [4.78, 5) is 20.3. The minimum Gasteiger partial charge on any atom is -0.480 e. The Morgan fingerprint density at radius 3 is 1.43 bits per heavy atom. The predicted octanol–water partition coefficient (Wildman–Crippen LogP) is -0.578. The van der Waals surface area contributed by atoms with E-state index in [1.54, 1.807) is 0 Å².